The number of hydrogen-bond acceptors (Lipinski definition) is 2. The highest BCUT2D eigenvalue weighted by molar-refractivity contribution is 5.35. The maximum Gasteiger partial charge on any atom is 0.124 e. The lowest BCUT2D eigenvalue weighted by molar-refractivity contribution is 0.253. The molecule has 1 aromatic carbocycles. The predicted molar refractivity (Wildman–Crippen MR) is 68.6 cm³/mol. The van der Waals surface area contributed by atoms with E-state index in [2.05, 4.69) is 26.8 Å². The summed E-state index contributed by atoms with van der Waals surface area (Å²) in [6, 6.07) is 8.15. The molecule has 0 spiro atoms. The van der Waals surface area contributed by atoms with Gasteiger partial charge in [0, 0.05) is 11.6 Å². The average molecular weight is 221 g/mol. The highest BCUT2D eigenvalue weighted by Crippen LogP contribution is 2.25. The molecule has 0 aliphatic heterocycles. The minimum atomic E-state index is 0.0770. The van der Waals surface area contributed by atoms with Gasteiger partial charge in [-0.25, -0.2) is 0 Å². The first-order chi connectivity index (χ1) is 7.69. The van der Waals surface area contributed by atoms with Crippen LogP contribution in [0.2, 0.25) is 0 Å². The van der Waals surface area contributed by atoms with Crippen molar-refractivity contribution in [1.82, 2.24) is 0 Å². The van der Waals surface area contributed by atoms with Crippen LogP contribution in [0, 0.1) is 5.92 Å². The van der Waals surface area contributed by atoms with Crippen molar-refractivity contribution in [2.75, 3.05) is 6.61 Å². The lowest BCUT2D eigenvalue weighted by Crippen LogP contribution is -2.13. The first-order valence-corrected chi connectivity index (χ1v) is 6.16. The third-order valence-corrected chi connectivity index (χ3v) is 2.98. The lowest BCUT2D eigenvalue weighted by Gasteiger charge is -2.17. The quantitative estimate of drug-likeness (QED) is 0.797. The zero-order valence-electron chi connectivity index (χ0n) is 10.6. The van der Waals surface area contributed by atoms with Crippen LogP contribution in [0.4, 0.5) is 0 Å². The Bertz CT molecular complexity index is 311. The first-order valence-electron chi connectivity index (χ1n) is 6.16. The van der Waals surface area contributed by atoms with Crippen LogP contribution in [-0.2, 0) is 0 Å². The Morgan fingerprint density at radius 1 is 1.19 bits per heavy atom. The van der Waals surface area contributed by atoms with E-state index in [4.69, 9.17) is 10.5 Å². The molecule has 2 atom stereocenters. The molecule has 0 radical (unpaired) electrons. The SMILES string of the molecule is CCC(C)COc1ccccc1[C@H](N)CC. The van der Waals surface area contributed by atoms with Gasteiger partial charge in [-0.2, -0.15) is 0 Å². The molecule has 1 unspecified atom stereocenters. The number of nitrogens with two attached hydrogens (primary N) is 1. The highest BCUT2D eigenvalue weighted by atomic mass is 16.5. The van der Waals surface area contributed by atoms with Crippen molar-refractivity contribution >= 4 is 0 Å². The van der Waals surface area contributed by atoms with Crippen LogP contribution in [-0.4, -0.2) is 6.61 Å². The Balaban J connectivity index is 2.71. The van der Waals surface area contributed by atoms with Crippen molar-refractivity contribution in [3.05, 3.63) is 29.8 Å². The molecule has 16 heavy (non-hydrogen) atoms. The fraction of sp³-hybridized carbons (Fsp3) is 0.571. The second-order valence-electron chi connectivity index (χ2n) is 4.38. The van der Waals surface area contributed by atoms with Crippen LogP contribution in [0.5, 0.6) is 5.75 Å². The fourth-order valence-corrected chi connectivity index (χ4v) is 1.49. The number of hydrogen-bond donors (Lipinski definition) is 1. The minimum absolute atomic E-state index is 0.0770. The van der Waals surface area contributed by atoms with Gasteiger partial charge in [0.25, 0.3) is 0 Å². The summed E-state index contributed by atoms with van der Waals surface area (Å²) in [6.45, 7) is 7.24. The van der Waals surface area contributed by atoms with Crippen molar-refractivity contribution in [3.8, 4) is 5.75 Å². The normalized spacial score (nSPS) is 14.5. The second kappa shape index (κ2) is 6.54. The van der Waals surface area contributed by atoms with E-state index in [1.165, 1.54) is 0 Å². The van der Waals surface area contributed by atoms with Gasteiger partial charge in [-0.05, 0) is 18.4 Å². The molecule has 1 rings (SSSR count). The third kappa shape index (κ3) is 3.53. The van der Waals surface area contributed by atoms with Crippen LogP contribution in [0.3, 0.4) is 0 Å². The predicted octanol–water partition coefficient (Wildman–Crippen LogP) is 3.52. The zero-order valence-corrected chi connectivity index (χ0v) is 10.6. The summed E-state index contributed by atoms with van der Waals surface area (Å²) in [4.78, 5) is 0. The molecule has 90 valence electrons. The summed E-state index contributed by atoms with van der Waals surface area (Å²) in [5.41, 5.74) is 7.17. The van der Waals surface area contributed by atoms with Crippen LogP contribution in [0.25, 0.3) is 0 Å². The van der Waals surface area contributed by atoms with E-state index < -0.39 is 0 Å². The van der Waals surface area contributed by atoms with Crippen molar-refractivity contribution in [1.29, 1.82) is 0 Å². The highest BCUT2D eigenvalue weighted by Gasteiger charge is 2.10. The van der Waals surface area contributed by atoms with Crippen LogP contribution in [0.15, 0.2) is 24.3 Å². The van der Waals surface area contributed by atoms with Crippen LogP contribution < -0.4 is 10.5 Å². The number of benzene rings is 1. The van der Waals surface area contributed by atoms with E-state index in [0.717, 1.165) is 30.8 Å². The van der Waals surface area contributed by atoms with Crippen molar-refractivity contribution in [2.24, 2.45) is 11.7 Å². The van der Waals surface area contributed by atoms with Crippen molar-refractivity contribution in [3.63, 3.8) is 0 Å². The third-order valence-electron chi connectivity index (χ3n) is 2.98. The largest absolute Gasteiger partial charge is 0.493 e. The molecular formula is C14H23NO. The van der Waals surface area contributed by atoms with E-state index in [-0.39, 0.29) is 6.04 Å². The smallest absolute Gasteiger partial charge is 0.124 e. The van der Waals surface area contributed by atoms with Gasteiger partial charge in [-0.15, -0.1) is 0 Å². The zero-order chi connectivity index (χ0) is 12.0. The Morgan fingerprint density at radius 2 is 1.88 bits per heavy atom. The standard InChI is InChI=1S/C14H23NO/c1-4-11(3)10-16-14-9-7-6-8-12(14)13(15)5-2/h6-9,11,13H,4-5,10,15H2,1-3H3/t11?,13-/m1/s1. The van der Waals surface area contributed by atoms with Gasteiger partial charge in [0.1, 0.15) is 5.75 Å². The molecule has 0 aliphatic rings. The van der Waals surface area contributed by atoms with Gasteiger partial charge >= 0.3 is 0 Å². The summed E-state index contributed by atoms with van der Waals surface area (Å²) < 4.78 is 5.83. The lowest BCUT2D eigenvalue weighted by atomic mass is 10.0. The molecule has 0 aliphatic carbocycles. The van der Waals surface area contributed by atoms with Gasteiger partial charge in [0.2, 0.25) is 0 Å². The van der Waals surface area contributed by atoms with Gasteiger partial charge in [0.05, 0.1) is 6.61 Å². The van der Waals surface area contributed by atoms with Crippen molar-refractivity contribution < 1.29 is 4.74 Å². The van der Waals surface area contributed by atoms with Crippen LogP contribution in [0.1, 0.15) is 45.2 Å². The summed E-state index contributed by atoms with van der Waals surface area (Å²) in [5, 5.41) is 0. The Morgan fingerprint density at radius 3 is 2.50 bits per heavy atom. The Labute approximate surface area is 98.8 Å². The Kier molecular flexibility index (Phi) is 5.33. The van der Waals surface area contributed by atoms with E-state index in [9.17, 15) is 0 Å². The maximum atomic E-state index is 6.05. The average Bonchev–Trinajstić information content (AvgIpc) is 2.35. The second-order valence-corrected chi connectivity index (χ2v) is 4.38. The van der Waals surface area contributed by atoms with Crippen LogP contribution >= 0.6 is 0 Å². The molecule has 0 amide bonds. The van der Waals surface area contributed by atoms with Gasteiger partial charge in [-0.1, -0.05) is 45.4 Å². The van der Waals surface area contributed by atoms with E-state index in [1.54, 1.807) is 0 Å². The first kappa shape index (κ1) is 13.0. The molecule has 2 nitrogen and oxygen atoms in total. The molecular weight excluding hydrogens is 198 g/mol. The molecule has 2 N–H and O–H groups in total. The molecule has 1 aromatic rings. The monoisotopic (exact) mass is 221 g/mol. The van der Waals surface area contributed by atoms with E-state index in [1.807, 2.05) is 18.2 Å². The molecule has 0 saturated heterocycles. The molecule has 0 heterocycles. The fourth-order valence-electron chi connectivity index (χ4n) is 1.49. The minimum Gasteiger partial charge on any atom is -0.493 e. The van der Waals surface area contributed by atoms with E-state index in [0.29, 0.717) is 5.92 Å². The van der Waals surface area contributed by atoms with Gasteiger partial charge < -0.3 is 10.5 Å². The maximum absolute atomic E-state index is 6.05. The number of rotatable bonds is 6. The molecule has 0 saturated carbocycles. The van der Waals surface area contributed by atoms with Gasteiger partial charge in [0.15, 0.2) is 0 Å². The summed E-state index contributed by atoms with van der Waals surface area (Å²) in [6.07, 6.45) is 2.08. The summed E-state index contributed by atoms with van der Waals surface area (Å²) in [5.74, 6) is 1.53. The molecule has 0 fully saturated rings. The van der Waals surface area contributed by atoms with E-state index >= 15 is 0 Å². The van der Waals surface area contributed by atoms with Gasteiger partial charge in [-0.3, -0.25) is 0 Å². The topological polar surface area (TPSA) is 35.2 Å². The molecule has 2 heteroatoms. The molecule has 0 aromatic heterocycles. The Hall–Kier alpha value is -1.02. The summed E-state index contributed by atoms with van der Waals surface area (Å²) >= 11 is 0. The summed E-state index contributed by atoms with van der Waals surface area (Å²) in [7, 11) is 0. The molecule has 0 bridgehead atoms. The number of ether oxygens (including phenoxy) is 1. The number of para-hydroxylation sites is 1. The van der Waals surface area contributed by atoms with Crippen molar-refractivity contribution in [2.45, 2.75) is 39.7 Å².